The first-order valence-corrected chi connectivity index (χ1v) is 3.84. The van der Waals surface area contributed by atoms with Crippen molar-refractivity contribution in [1.82, 2.24) is 5.32 Å². The van der Waals surface area contributed by atoms with Gasteiger partial charge in [0.1, 0.15) is 0 Å². The van der Waals surface area contributed by atoms with Crippen molar-refractivity contribution in [2.45, 2.75) is 18.9 Å². The zero-order valence-corrected chi connectivity index (χ0v) is 5.64. The molecule has 2 fully saturated rings. The maximum atomic E-state index is 5.88. The van der Waals surface area contributed by atoms with Crippen LogP contribution in [0.15, 0.2) is 0 Å². The maximum absolute atomic E-state index is 5.88. The third-order valence-corrected chi connectivity index (χ3v) is 2.81. The summed E-state index contributed by atoms with van der Waals surface area (Å²) < 4.78 is 0. The first-order chi connectivity index (χ1) is 4.38. The zero-order chi connectivity index (χ0) is 6.27. The van der Waals surface area contributed by atoms with Crippen molar-refractivity contribution in [3.63, 3.8) is 0 Å². The Bertz CT molecular complexity index is 113. The van der Waals surface area contributed by atoms with Crippen molar-refractivity contribution >= 4 is 0 Å². The van der Waals surface area contributed by atoms with Gasteiger partial charge in [0.25, 0.3) is 0 Å². The highest BCUT2D eigenvalue weighted by Gasteiger charge is 2.36. The molecule has 3 atom stereocenters. The Hall–Kier alpha value is -0.0800. The van der Waals surface area contributed by atoms with Gasteiger partial charge in [-0.25, -0.2) is 0 Å². The molecule has 1 saturated carbocycles. The van der Waals surface area contributed by atoms with Gasteiger partial charge in [-0.1, -0.05) is 0 Å². The summed E-state index contributed by atoms with van der Waals surface area (Å²) in [5, 5.41) is 3.37. The number of nitrogens with two attached hydrogens (primary N) is 1. The Morgan fingerprint density at radius 3 is 2.89 bits per heavy atom. The third kappa shape index (κ3) is 0.775. The van der Waals surface area contributed by atoms with Gasteiger partial charge in [-0.2, -0.15) is 0 Å². The molecule has 2 aliphatic rings. The van der Waals surface area contributed by atoms with Crippen LogP contribution in [0, 0.1) is 11.8 Å². The lowest BCUT2D eigenvalue weighted by atomic mass is 9.98. The average molecular weight is 126 g/mol. The number of fused-ring (bicyclic) bond motifs is 1. The molecule has 0 bridgehead atoms. The van der Waals surface area contributed by atoms with Crippen LogP contribution in [0.4, 0.5) is 0 Å². The molecule has 3 N–H and O–H groups in total. The van der Waals surface area contributed by atoms with Crippen molar-refractivity contribution in [1.29, 1.82) is 0 Å². The van der Waals surface area contributed by atoms with Gasteiger partial charge in [-0.15, -0.1) is 0 Å². The number of hydrogen-bond donors (Lipinski definition) is 2. The molecule has 0 aromatic heterocycles. The lowest BCUT2D eigenvalue weighted by molar-refractivity contribution is 0.453. The number of hydrogen-bond acceptors (Lipinski definition) is 2. The van der Waals surface area contributed by atoms with E-state index in [9.17, 15) is 0 Å². The summed E-state index contributed by atoms with van der Waals surface area (Å²) in [7, 11) is 0. The number of nitrogens with one attached hydrogen (secondary N) is 1. The molecule has 0 spiro atoms. The lowest BCUT2D eigenvalue weighted by Crippen LogP contribution is -2.28. The topological polar surface area (TPSA) is 38.0 Å². The van der Waals surface area contributed by atoms with Gasteiger partial charge in [-0.05, 0) is 37.8 Å². The van der Waals surface area contributed by atoms with E-state index >= 15 is 0 Å². The molecule has 2 heteroatoms. The van der Waals surface area contributed by atoms with E-state index in [-0.39, 0.29) is 0 Å². The highest BCUT2D eigenvalue weighted by Crippen LogP contribution is 2.32. The van der Waals surface area contributed by atoms with Crippen LogP contribution in [0.25, 0.3) is 0 Å². The fourth-order valence-electron chi connectivity index (χ4n) is 2.19. The summed E-state index contributed by atoms with van der Waals surface area (Å²) in [5.41, 5.74) is 5.88. The van der Waals surface area contributed by atoms with Gasteiger partial charge in [-0.3, -0.25) is 0 Å². The normalized spacial score (nSPS) is 49.7. The first kappa shape index (κ1) is 5.69. The van der Waals surface area contributed by atoms with Crippen molar-refractivity contribution in [2.24, 2.45) is 17.6 Å². The predicted molar refractivity (Wildman–Crippen MR) is 37.1 cm³/mol. The van der Waals surface area contributed by atoms with Gasteiger partial charge < -0.3 is 11.1 Å². The third-order valence-electron chi connectivity index (χ3n) is 2.81. The van der Waals surface area contributed by atoms with Crippen molar-refractivity contribution < 1.29 is 0 Å². The molecule has 0 radical (unpaired) electrons. The molecule has 1 heterocycles. The van der Waals surface area contributed by atoms with E-state index in [1.165, 1.54) is 25.9 Å². The molecule has 0 aromatic carbocycles. The Morgan fingerprint density at radius 2 is 2.11 bits per heavy atom. The zero-order valence-electron chi connectivity index (χ0n) is 5.64. The molecule has 2 nitrogen and oxygen atoms in total. The minimum Gasteiger partial charge on any atom is -0.327 e. The van der Waals surface area contributed by atoms with Crippen LogP contribution < -0.4 is 11.1 Å². The van der Waals surface area contributed by atoms with Crippen LogP contribution in [0.3, 0.4) is 0 Å². The van der Waals surface area contributed by atoms with E-state index in [1.807, 2.05) is 0 Å². The molecule has 2 rings (SSSR count). The molecular weight excluding hydrogens is 112 g/mol. The molecule has 9 heavy (non-hydrogen) atoms. The fraction of sp³-hybridized carbons (Fsp3) is 1.00. The van der Waals surface area contributed by atoms with E-state index in [0.717, 1.165) is 11.8 Å². The van der Waals surface area contributed by atoms with E-state index < -0.39 is 0 Å². The van der Waals surface area contributed by atoms with Crippen LogP contribution in [-0.2, 0) is 0 Å². The van der Waals surface area contributed by atoms with Crippen LogP contribution >= 0.6 is 0 Å². The minimum atomic E-state index is 0.505. The second kappa shape index (κ2) is 1.96. The van der Waals surface area contributed by atoms with Crippen molar-refractivity contribution in [2.75, 3.05) is 13.1 Å². The van der Waals surface area contributed by atoms with Crippen molar-refractivity contribution in [3.8, 4) is 0 Å². The van der Waals surface area contributed by atoms with E-state index in [2.05, 4.69) is 5.32 Å². The molecule has 1 aliphatic heterocycles. The summed E-state index contributed by atoms with van der Waals surface area (Å²) >= 11 is 0. The van der Waals surface area contributed by atoms with Crippen LogP contribution in [0.2, 0.25) is 0 Å². The number of rotatable bonds is 0. The lowest BCUT2D eigenvalue weighted by Gasteiger charge is -2.10. The fourth-order valence-corrected chi connectivity index (χ4v) is 2.19. The average Bonchev–Trinajstić information content (AvgIpc) is 2.35. The summed E-state index contributed by atoms with van der Waals surface area (Å²) in [6.45, 7) is 2.39. The molecule has 0 amide bonds. The summed E-state index contributed by atoms with van der Waals surface area (Å²) in [5.74, 6) is 1.73. The summed E-state index contributed by atoms with van der Waals surface area (Å²) in [6, 6.07) is 0.505. The van der Waals surface area contributed by atoms with Gasteiger partial charge in [0.15, 0.2) is 0 Å². The molecule has 0 aromatic rings. The Kier molecular flexibility index (Phi) is 1.24. The largest absolute Gasteiger partial charge is 0.327 e. The van der Waals surface area contributed by atoms with Gasteiger partial charge >= 0.3 is 0 Å². The quantitative estimate of drug-likeness (QED) is 0.477. The summed E-state index contributed by atoms with van der Waals surface area (Å²) in [6.07, 6.45) is 2.62. The van der Waals surface area contributed by atoms with E-state index in [0.29, 0.717) is 6.04 Å². The highest BCUT2D eigenvalue weighted by molar-refractivity contribution is 4.93. The Morgan fingerprint density at radius 1 is 1.22 bits per heavy atom. The standard InChI is InChI=1S/C7H14N2/c8-7-2-1-5-3-9-4-6(5)7/h5-7,9H,1-4,8H2/t5-,6+,7+/m1/s1. The Balaban J connectivity index is 2.07. The second-order valence-electron chi connectivity index (χ2n) is 3.32. The Labute approximate surface area is 55.8 Å². The highest BCUT2D eigenvalue weighted by atomic mass is 14.9. The maximum Gasteiger partial charge on any atom is 0.00825 e. The van der Waals surface area contributed by atoms with Crippen LogP contribution in [0.5, 0.6) is 0 Å². The van der Waals surface area contributed by atoms with Gasteiger partial charge in [0.05, 0.1) is 0 Å². The smallest absolute Gasteiger partial charge is 0.00825 e. The molecule has 1 saturated heterocycles. The predicted octanol–water partition coefficient (Wildman–Crippen LogP) is -0.0569. The van der Waals surface area contributed by atoms with E-state index in [1.54, 1.807) is 0 Å². The monoisotopic (exact) mass is 126 g/mol. The van der Waals surface area contributed by atoms with Crippen LogP contribution in [-0.4, -0.2) is 19.1 Å². The molecule has 0 unspecified atom stereocenters. The SMILES string of the molecule is N[C@H]1CC[C@@H]2CNC[C@@H]21. The van der Waals surface area contributed by atoms with E-state index in [4.69, 9.17) is 5.73 Å². The minimum absolute atomic E-state index is 0.505. The second-order valence-corrected chi connectivity index (χ2v) is 3.32. The van der Waals surface area contributed by atoms with Crippen molar-refractivity contribution in [3.05, 3.63) is 0 Å². The van der Waals surface area contributed by atoms with Gasteiger partial charge in [0.2, 0.25) is 0 Å². The molecule has 1 aliphatic carbocycles. The van der Waals surface area contributed by atoms with Gasteiger partial charge in [0, 0.05) is 6.04 Å². The summed E-state index contributed by atoms with van der Waals surface area (Å²) in [4.78, 5) is 0. The molecular formula is C7H14N2. The first-order valence-electron chi connectivity index (χ1n) is 3.84. The van der Waals surface area contributed by atoms with Crippen LogP contribution in [0.1, 0.15) is 12.8 Å². The molecule has 52 valence electrons.